The molecule has 0 spiro atoms. The topological polar surface area (TPSA) is 32.3 Å². The van der Waals surface area contributed by atoms with Gasteiger partial charge < -0.3 is 10.2 Å². The number of thiophene rings is 1. The summed E-state index contributed by atoms with van der Waals surface area (Å²) < 4.78 is 0. The molecule has 0 aliphatic carbocycles. The Morgan fingerprint density at radius 1 is 1.35 bits per heavy atom. The Morgan fingerprint density at radius 3 is 3.00 bits per heavy atom. The van der Waals surface area contributed by atoms with Crippen LogP contribution in [0, 0.1) is 6.92 Å². The lowest BCUT2D eigenvalue weighted by atomic mass is 10.0. The number of amides is 1. The standard InChI is InChI=1S/C16H18N2OS/c1-11-3-4-14(17-2)13(9-11)16(19)18-7-5-15-12(10-18)6-8-20-15/h3-4,6,8-9,17H,5,7,10H2,1-2H3. The molecule has 1 aliphatic rings. The van der Waals surface area contributed by atoms with Crippen molar-refractivity contribution in [2.75, 3.05) is 18.9 Å². The van der Waals surface area contributed by atoms with Crippen LogP contribution in [0.2, 0.25) is 0 Å². The van der Waals surface area contributed by atoms with Gasteiger partial charge in [0.05, 0.1) is 5.56 Å². The Morgan fingerprint density at radius 2 is 2.20 bits per heavy atom. The summed E-state index contributed by atoms with van der Waals surface area (Å²) in [6.07, 6.45) is 0.972. The average Bonchev–Trinajstić information content (AvgIpc) is 2.93. The molecule has 0 unspecified atom stereocenters. The largest absolute Gasteiger partial charge is 0.387 e. The molecule has 0 fully saturated rings. The predicted octanol–water partition coefficient (Wildman–Crippen LogP) is 3.30. The number of rotatable bonds is 2. The molecular weight excluding hydrogens is 268 g/mol. The van der Waals surface area contributed by atoms with Crippen LogP contribution in [0.5, 0.6) is 0 Å². The maximum atomic E-state index is 12.8. The number of anilines is 1. The molecule has 104 valence electrons. The summed E-state index contributed by atoms with van der Waals surface area (Å²) in [5.41, 5.74) is 4.08. The molecule has 2 heterocycles. The zero-order chi connectivity index (χ0) is 14.1. The minimum atomic E-state index is 0.120. The van der Waals surface area contributed by atoms with Crippen molar-refractivity contribution < 1.29 is 4.79 Å². The van der Waals surface area contributed by atoms with Gasteiger partial charge in [-0.05, 0) is 42.5 Å². The number of carbonyl (C=O) groups is 1. The number of fused-ring (bicyclic) bond motifs is 1. The number of nitrogens with zero attached hydrogens (tertiary/aromatic N) is 1. The molecule has 1 N–H and O–H groups in total. The minimum Gasteiger partial charge on any atom is -0.387 e. The molecule has 1 amide bonds. The molecule has 0 bridgehead atoms. The van der Waals surface area contributed by atoms with Crippen molar-refractivity contribution in [1.82, 2.24) is 4.90 Å². The molecule has 3 nitrogen and oxygen atoms in total. The summed E-state index contributed by atoms with van der Waals surface area (Å²) in [5.74, 6) is 0.120. The van der Waals surface area contributed by atoms with Gasteiger partial charge in [-0.25, -0.2) is 0 Å². The summed E-state index contributed by atoms with van der Waals surface area (Å²) in [6.45, 7) is 3.56. The quantitative estimate of drug-likeness (QED) is 0.918. The fourth-order valence-electron chi connectivity index (χ4n) is 2.65. The molecular formula is C16H18N2OS. The van der Waals surface area contributed by atoms with Crippen LogP contribution in [0.15, 0.2) is 29.6 Å². The Kier molecular flexibility index (Phi) is 3.49. The molecule has 0 saturated heterocycles. The van der Waals surface area contributed by atoms with Crippen molar-refractivity contribution in [3.05, 3.63) is 51.2 Å². The van der Waals surface area contributed by atoms with Crippen LogP contribution >= 0.6 is 11.3 Å². The van der Waals surface area contributed by atoms with E-state index in [0.29, 0.717) is 0 Å². The van der Waals surface area contributed by atoms with Gasteiger partial charge in [-0.1, -0.05) is 11.6 Å². The first-order chi connectivity index (χ1) is 9.69. The van der Waals surface area contributed by atoms with E-state index in [1.54, 1.807) is 11.3 Å². The maximum absolute atomic E-state index is 12.8. The van der Waals surface area contributed by atoms with E-state index in [1.807, 2.05) is 37.1 Å². The van der Waals surface area contributed by atoms with Gasteiger partial charge in [0.1, 0.15) is 0 Å². The molecule has 0 atom stereocenters. The van der Waals surface area contributed by atoms with Crippen molar-refractivity contribution in [1.29, 1.82) is 0 Å². The summed E-state index contributed by atoms with van der Waals surface area (Å²) in [7, 11) is 1.86. The van der Waals surface area contributed by atoms with E-state index in [9.17, 15) is 4.79 Å². The first-order valence-electron chi connectivity index (χ1n) is 6.82. The third-order valence-corrected chi connectivity index (χ3v) is 4.79. The molecule has 0 saturated carbocycles. The van der Waals surface area contributed by atoms with Crippen molar-refractivity contribution >= 4 is 22.9 Å². The second kappa shape index (κ2) is 5.29. The molecule has 4 heteroatoms. The predicted molar refractivity (Wildman–Crippen MR) is 83.5 cm³/mol. The van der Waals surface area contributed by atoms with E-state index >= 15 is 0 Å². The van der Waals surface area contributed by atoms with Crippen LogP contribution < -0.4 is 5.32 Å². The van der Waals surface area contributed by atoms with Crippen LogP contribution in [-0.2, 0) is 13.0 Å². The minimum absolute atomic E-state index is 0.120. The SMILES string of the molecule is CNc1ccc(C)cc1C(=O)N1CCc2sccc2C1. The Hall–Kier alpha value is -1.81. The molecule has 0 radical (unpaired) electrons. The number of benzene rings is 1. The van der Waals surface area contributed by atoms with E-state index < -0.39 is 0 Å². The number of aryl methyl sites for hydroxylation is 1. The van der Waals surface area contributed by atoms with E-state index in [1.165, 1.54) is 10.4 Å². The fourth-order valence-corrected chi connectivity index (χ4v) is 3.53. The third-order valence-electron chi connectivity index (χ3n) is 3.77. The van der Waals surface area contributed by atoms with Crippen LogP contribution in [-0.4, -0.2) is 24.4 Å². The number of nitrogens with one attached hydrogen (secondary N) is 1. The van der Waals surface area contributed by atoms with Crippen molar-refractivity contribution in [2.45, 2.75) is 19.9 Å². The highest BCUT2D eigenvalue weighted by atomic mass is 32.1. The van der Waals surface area contributed by atoms with Crippen LogP contribution in [0.3, 0.4) is 0 Å². The van der Waals surface area contributed by atoms with Crippen molar-refractivity contribution in [2.24, 2.45) is 0 Å². The number of hydrogen-bond acceptors (Lipinski definition) is 3. The summed E-state index contributed by atoms with van der Waals surface area (Å²) in [4.78, 5) is 16.1. The van der Waals surface area contributed by atoms with E-state index in [4.69, 9.17) is 0 Å². The van der Waals surface area contributed by atoms with Gasteiger partial charge in [0.2, 0.25) is 0 Å². The van der Waals surface area contributed by atoms with Crippen LogP contribution in [0.1, 0.15) is 26.4 Å². The van der Waals surface area contributed by atoms with Gasteiger partial charge >= 0.3 is 0 Å². The van der Waals surface area contributed by atoms with E-state index in [-0.39, 0.29) is 5.91 Å². The third kappa shape index (κ3) is 2.31. The first-order valence-corrected chi connectivity index (χ1v) is 7.70. The monoisotopic (exact) mass is 286 g/mol. The summed E-state index contributed by atoms with van der Waals surface area (Å²) >= 11 is 1.79. The first kappa shape index (κ1) is 13.2. The lowest BCUT2D eigenvalue weighted by Gasteiger charge is -2.28. The van der Waals surface area contributed by atoms with Gasteiger partial charge in [-0.15, -0.1) is 11.3 Å². The average molecular weight is 286 g/mol. The van der Waals surface area contributed by atoms with Crippen molar-refractivity contribution in [3.63, 3.8) is 0 Å². The zero-order valence-corrected chi connectivity index (χ0v) is 12.6. The van der Waals surface area contributed by atoms with Gasteiger partial charge in [0.15, 0.2) is 0 Å². The van der Waals surface area contributed by atoms with Crippen LogP contribution in [0.25, 0.3) is 0 Å². The molecule has 1 aliphatic heterocycles. The zero-order valence-electron chi connectivity index (χ0n) is 11.8. The number of hydrogen-bond donors (Lipinski definition) is 1. The lowest BCUT2D eigenvalue weighted by molar-refractivity contribution is 0.0737. The van der Waals surface area contributed by atoms with Gasteiger partial charge in [0.25, 0.3) is 5.91 Å². The number of carbonyl (C=O) groups excluding carboxylic acids is 1. The molecule has 1 aromatic heterocycles. The Bertz CT molecular complexity index is 648. The Labute approximate surface area is 123 Å². The van der Waals surface area contributed by atoms with Gasteiger partial charge in [-0.2, -0.15) is 0 Å². The maximum Gasteiger partial charge on any atom is 0.256 e. The molecule has 3 rings (SSSR count). The fraction of sp³-hybridized carbons (Fsp3) is 0.312. The van der Waals surface area contributed by atoms with E-state index in [2.05, 4.69) is 16.8 Å². The molecule has 20 heavy (non-hydrogen) atoms. The second-order valence-corrected chi connectivity index (χ2v) is 6.15. The lowest BCUT2D eigenvalue weighted by Crippen LogP contribution is -2.35. The summed E-state index contributed by atoms with van der Waals surface area (Å²) in [6, 6.07) is 8.10. The molecule has 1 aromatic carbocycles. The highest BCUT2D eigenvalue weighted by Crippen LogP contribution is 2.26. The van der Waals surface area contributed by atoms with Crippen LogP contribution in [0.4, 0.5) is 5.69 Å². The highest BCUT2D eigenvalue weighted by molar-refractivity contribution is 7.10. The van der Waals surface area contributed by atoms with E-state index in [0.717, 1.165) is 36.3 Å². The second-order valence-electron chi connectivity index (χ2n) is 5.14. The van der Waals surface area contributed by atoms with Gasteiger partial charge in [-0.3, -0.25) is 4.79 Å². The summed E-state index contributed by atoms with van der Waals surface area (Å²) in [5, 5.41) is 5.23. The molecule has 2 aromatic rings. The van der Waals surface area contributed by atoms with Crippen molar-refractivity contribution in [3.8, 4) is 0 Å². The Balaban J connectivity index is 1.88. The van der Waals surface area contributed by atoms with Gasteiger partial charge in [0, 0.05) is 30.7 Å². The normalized spacial score (nSPS) is 14.0. The highest BCUT2D eigenvalue weighted by Gasteiger charge is 2.24. The smallest absolute Gasteiger partial charge is 0.256 e.